The third-order valence-corrected chi connectivity index (χ3v) is 5.90. The summed E-state index contributed by atoms with van der Waals surface area (Å²) >= 11 is 0. The summed E-state index contributed by atoms with van der Waals surface area (Å²) in [5.41, 5.74) is 4.68. The van der Waals surface area contributed by atoms with Gasteiger partial charge in [0.25, 0.3) is 0 Å². The number of hydrogen-bond acceptors (Lipinski definition) is 3. The smallest absolute Gasteiger partial charge is 0.120 e. The quantitative estimate of drug-likeness (QED) is 0.585. The van der Waals surface area contributed by atoms with E-state index in [1.54, 1.807) is 0 Å². The molecule has 3 nitrogen and oxygen atoms in total. The molecule has 0 saturated heterocycles. The molecule has 1 aliphatic rings. The second-order valence-electron chi connectivity index (χ2n) is 7.92. The number of hydrogen-bond donors (Lipinski definition) is 2. The van der Waals surface area contributed by atoms with Gasteiger partial charge in [0.05, 0.1) is 6.10 Å². The molecule has 0 amide bonds. The van der Waals surface area contributed by atoms with E-state index in [0.717, 1.165) is 36.3 Å². The molecule has 1 aliphatic carbocycles. The fraction of sp³-hybridized carbons (Fsp3) is 0.308. The van der Waals surface area contributed by atoms with Crippen molar-refractivity contribution in [3.8, 4) is 5.75 Å². The van der Waals surface area contributed by atoms with Crippen LogP contribution in [0.3, 0.4) is 0 Å². The van der Waals surface area contributed by atoms with E-state index >= 15 is 0 Å². The van der Waals surface area contributed by atoms with Crippen molar-refractivity contribution in [2.45, 2.75) is 38.5 Å². The van der Waals surface area contributed by atoms with Crippen molar-refractivity contribution in [3.63, 3.8) is 0 Å². The zero-order valence-corrected chi connectivity index (χ0v) is 16.9. The van der Waals surface area contributed by atoms with Crippen molar-refractivity contribution in [2.75, 3.05) is 6.54 Å². The zero-order valence-electron chi connectivity index (χ0n) is 16.9. The summed E-state index contributed by atoms with van der Waals surface area (Å²) in [5, 5.41) is 14.5. The van der Waals surface area contributed by atoms with Crippen molar-refractivity contribution in [1.29, 1.82) is 0 Å². The first kappa shape index (κ1) is 19.7. The second-order valence-corrected chi connectivity index (χ2v) is 7.92. The van der Waals surface area contributed by atoms with Crippen LogP contribution >= 0.6 is 0 Å². The first-order valence-electron chi connectivity index (χ1n) is 10.5. The van der Waals surface area contributed by atoms with Gasteiger partial charge in [-0.2, -0.15) is 0 Å². The van der Waals surface area contributed by atoms with Gasteiger partial charge in [-0.15, -0.1) is 0 Å². The van der Waals surface area contributed by atoms with Crippen LogP contribution in [0, 0.1) is 5.92 Å². The van der Waals surface area contributed by atoms with Crippen LogP contribution in [-0.4, -0.2) is 11.7 Å². The molecule has 3 aromatic rings. The predicted molar refractivity (Wildman–Crippen MR) is 117 cm³/mol. The summed E-state index contributed by atoms with van der Waals surface area (Å²) in [4.78, 5) is 0. The lowest BCUT2D eigenvalue weighted by Gasteiger charge is -2.31. The Hall–Kier alpha value is -2.62. The Balaban J connectivity index is 1.35. The van der Waals surface area contributed by atoms with Gasteiger partial charge in [-0.25, -0.2) is 0 Å². The average molecular weight is 388 g/mol. The molecule has 0 saturated carbocycles. The fourth-order valence-electron chi connectivity index (χ4n) is 4.07. The Morgan fingerprint density at radius 3 is 2.48 bits per heavy atom. The van der Waals surface area contributed by atoms with E-state index in [2.05, 4.69) is 54.7 Å². The molecule has 0 spiro atoms. The van der Waals surface area contributed by atoms with E-state index in [-0.39, 0.29) is 12.0 Å². The topological polar surface area (TPSA) is 41.5 Å². The largest absolute Gasteiger partial charge is 0.489 e. The van der Waals surface area contributed by atoms with Gasteiger partial charge in [0, 0.05) is 18.5 Å². The Bertz CT molecular complexity index is 911. The summed E-state index contributed by atoms with van der Waals surface area (Å²) in [6.07, 6.45) is 1.52. The van der Waals surface area contributed by atoms with Crippen LogP contribution in [0.5, 0.6) is 5.75 Å². The van der Waals surface area contributed by atoms with Crippen LogP contribution < -0.4 is 10.1 Å². The van der Waals surface area contributed by atoms with Crippen LogP contribution in [0.1, 0.15) is 47.7 Å². The summed E-state index contributed by atoms with van der Waals surface area (Å²) in [6.45, 7) is 3.55. The van der Waals surface area contributed by atoms with Crippen LogP contribution in [-0.2, 0) is 13.0 Å². The zero-order chi connectivity index (χ0) is 20.1. The minimum Gasteiger partial charge on any atom is -0.489 e. The van der Waals surface area contributed by atoms with Crippen molar-refractivity contribution in [2.24, 2.45) is 5.92 Å². The standard InChI is InChI=1S/C26H29NO2/c1-19(21-10-6-3-7-11-21)27-17-23-13-12-22-16-24(14-15-25(22)26(23)28)29-18-20-8-4-2-5-9-20/h2-11,14-16,19,23,26-28H,12-13,17-18H2,1H3/t19-,23-,26-/m0/s1. The molecule has 0 heterocycles. The highest BCUT2D eigenvalue weighted by Gasteiger charge is 2.28. The van der Waals surface area contributed by atoms with Crippen molar-refractivity contribution in [3.05, 3.63) is 101 Å². The monoisotopic (exact) mass is 387 g/mol. The van der Waals surface area contributed by atoms with Gasteiger partial charge in [0.1, 0.15) is 12.4 Å². The van der Waals surface area contributed by atoms with Gasteiger partial charge in [0.15, 0.2) is 0 Å². The first-order valence-corrected chi connectivity index (χ1v) is 10.5. The minimum absolute atomic E-state index is 0.227. The maximum atomic E-state index is 10.9. The lowest BCUT2D eigenvalue weighted by atomic mass is 9.81. The van der Waals surface area contributed by atoms with E-state index in [1.807, 2.05) is 36.4 Å². The van der Waals surface area contributed by atoms with E-state index in [9.17, 15) is 5.11 Å². The lowest BCUT2D eigenvalue weighted by Crippen LogP contribution is -2.32. The summed E-state index contributed by atoms with van der Waals surface area (Å²) in [7, 11) is 0. The predicted octanol–water partition coefficient (Wildman–Crippen LogP) is 5.21. The number of aryl methyl sites for hydroxylation is 1. The number of nitrogens with one attached hydrogen (secondary N) is 1. The maximum Gasteiger partial charge on any atom is 0.120 e. The maximum absolute atomic E-state index is 10.9. The van der Waals surface area contributed by atoms with Gasteiger partial charge in [-0.05, 0) is 54.2 Å². The average Bonchev–Trinajstić information content (AvgIpc) is 2.78. The number of fused-ring (bicyclic) bond motifs is 1. The van der Waals surface area contributed by atoms with Gasteiger partial charge < -0.3 is 15.2 Å². The van der Waals surface area contributed by atoms with Gasteiger partial charge in [-0.3, -0.25) is 0 Å². The fourth-order valence-corrected chi connectivity index (χ4v) is 4.07. The number of aliphatic hydroxyl groups is 1. The van der Waals surface area contributed by atoms with E-state index in [4.69, 9.17) is 4.74 Å². The molecule has 2 N–H and O–H groups in total. The minimum atomic E-state index is -0.433. The van der Waals surface area contributed by atoms with Gasteiger partial charge >= 0.3 is 0 Å². The van der Waals surface area contributed by atoms with Crippen molar-refractivity contribution in [1.82, 2.24) is 5.32 Å². The molecule has 0 aromatic heterocycles. The molecule has 0 fully saturated rings. The highest BCUT2D eigenvalue weighted by molar-refractivity contribution is 5.39. The highest BCUT2D eigenvalue weighted by Crippen LogP contribution is 2.36. The SMILES string of the molecule is C[C@H](NC[C@@H]1CCc2cc(OCc3ccccc3)ccc2[C@H]1O)c1ccccc1. The molecule has 4 rings (SSSR count). The summed E-state index contributed by atoms with van der Waals surface area (Å²) in [6, 6.07) is 27.0. The first-order chi connectivity index (χ1) is 14.2. The van der Waals surface area contributed by atoms with Gasteiger partial charge in [-0.1, -0.05) is 66.7 Å². The number of rotatable bonds is 7. The molecular formula is C26H29NO2. The Labute approximate surface area is 173 Å². The molecule has 3 atom stereocenters. The highest BCUT2D eigenvalue weighted by atomic mass is 16.5. The number of ether oxygens (including phenoxy) is 1. The molecule has 29 heavy (non-hydrogen) atoms. The van der Waals surface area contributed by atoms with Crippen molar-refractivity contribution < 1.29 is 9.84 Å². The molecule has 3 heteroatoms. The molecule has 3 aromatic carbocycles. The molecule has 0 aliphatic heterocycles. The molecule has 0 radical (unpaired) electrons. The molecule has 0 bridgehead atoms. The summed E-state index contributed by atoms with van der Waals surface area (Å²) < 4.78 is 5.95. The van der Waals surface area contributed by atoms with Gasteiger partial charge in [0.2, 0.25) is 0 Å². The Morgan fingerprint density at radius 1 is 1.00 bits per heavy atom. The Kier molecular flexibility index (Phi) is 6.28. The van der Waals surface area contributed by atoms with E-state index in [1.165, 1.54) is 11.1 Å². The molecule has 0 unspecified atom stereocenters. The van der Waals surface area contributed by atoms with E-state index in [0.29, 0.717) is 6.61 Å². The van der Waals surface area contributed by atoms with E-state index < -0.39 is 6.10 Å². The third-order valence-electron chi connectivity index (χ3n) is 5.90. The third kappa shape index (κ3) is 4.87. The van der Waals surface area contributed by atoms with Crippen LogP contribution in [0.4, 0.5) is 0 Å². The van der Waals surface area contributed by atoms with Crippen molar-refractivity contribution >= 4 is 0 Å². The van der Waals surface area contributed by atoms with Crippen LogP contribution in [0.25, 0.3) is 0 Å². The molecule has 150 valence electrons. The normalized spacial score (nSPS) is 19.4. The van der Waals surface area contributed by atoms with Crippen LogP contribution in [0.2, 0.25) is 0 Å². The Morgan fingerprint density at radius 2 is 1.72 bits per heavy atom. The van der Waals surface area contributed by atoms with Crippen LogP contribution in [0.15, 0.2) is 78.9 Å². The lowest BCUT2D eigenvalue weighted by molar-refractivity contribution is 0.0913. The summed E-state index contributed by atoms with van der Waals surface area (Å²) in [5.74, 6) is 1.10. The number of aliphatic hydroxyl groups excluding tert-OH is 1. The second kappa shape index (κ2) is 9.25. The number of benzene rings is 3. The molecular weight excluding hydrogens is 358 g/mol.